The lowest BCUT2D eigenvalue weighted by Crippen LogP contribution is -2.51. The molecule has 0 spiro atoms. The molecule has 1 aliphatic carbocycles. The van der Waals surface area contributed by atoms with Crippen LogP contribution >= 0.6 is 0 Å². The molecule has 21 heavy (non-hydrogen) atoms. The van der Waals surface area contributed by atoms with Crippen molar-refractivity contribution in [1.29, 1.82) is 0 Å². The number of nitrogens with two attached hydrogens (primary N) is 1. The monoisotopic (exact) mass is 291 g/mol. The van der Waals surface area contributed by atoms with Crippen LogP contribution in [0.2, 0.25) is 0 Å². The molecule has 118 valence electrons. The molecule has 0 heterocycles. The first-order chi connectivity index (χ1) is 9.82. The predicted octanol–water partition coefficient (Wildman–Crippen LogP) is 4.09. The molecule has 2 unspecified atom stereocenters. The highest BCUT2D eigenvalue weighted by Crippen LogP contribution is 2.49. The van der Waals surface area contributed by atoms with Gasteiger partial charge in [0.25, 0.3) is 0 Å². The lowest BCUT2D eigenvalue weighted by molar-refractivity contribution is 0.0776. The Labute approximate surface area is 128 Å². The number of hydrogen-bond acceptors (Lipinski definition) is 3. The fraction of sp³-hybridized carbons (Fsp3) is 0.667. The number of ether oxygens (including phenoxy) is 2. The first-order valence-electron chi connectivity index (χ1n) is 7.84. The largest absolute Gasteiger partial charge is 0.493 e. The maximum atomic E-state index is 6.93. The van der Waals surface area contributed by atoms with Crippen molar-refractivity contribution in [2.45, 2.75) is 52.0 Å². The lowest BCUT2D eigenvalue weighted by atomic mass is 9.60. The summed E-state index contributed by atoms with van der Waals surface area (Å²) < 4.78 is 10.8. The van der Waals surface area contributed by atoms with Crippen LogP contribution in [0, 0.1) is 11.3 Å². The van der Waals surface area contributed by atoms with Gasteiger partial charge in [0.05, 0.1) is 14.2 Å². The van der Waals surface area contributed by atoms with E-state index in [-0.39, 0.29) is 11.0 Å². The van der Waals surface area contributed by atoms with Gasteiger partial charge in [0, 0.05) is 5.54 Å². The highest BCUT2D eigenvalue weighted by molar-refractivity contribution is 5.45. The maximum Gasteiger partial charge on any atom is 0.161 e. The molecule has 2 atom stereocenters. The van der Waals surface area contributed by atoms with Gasteiger partial charge >= 0.3 is 0 Å². The normalized spacial score (nSPS) is 26.5. The van der Waals surface area contributed by atoms with Crippen LogP contribution in [0.3, 0.4) is 0 Å². The minimum Gasteiger partial charge on any atom is -0.493 e. The zero-order valence-corrected chi connectivity index (χ0v) is 14.0. The Morgan fingerprint density at radius 2 is 1.76 bits per heavy atom. The average molecular weight is 291 g/mol. The summed E-state index contributed by atoms with van der Waals surface area (Å²) in [5, 5.41) is 0. The Bertz CT molecular complexity index is 492. The fourth-order valence-electron chi connectivity index (χ4n) is 3.87. The second kappa shape index (κ2) is 5.88. The molecule has 1 aliphatic rings. The number of benzene rings is 1. The summed E-state index contributed by atoms with van der Waals surface area (Å²) in [4.78, 5) is 0. The second-order valence-corrected chi connectivity index (χ2v) is 7.27. The summed E-state index contributed by atoms with van der Waals surface area (Å²) in [6.07, 6.45) is 4.68. The topological polar surface area (TPSA) is 44.5 Å². The summed E-state index contributed by atoms with van der Waals surface area (Å²) in [5.41, 5.74) is 8.01. The molecule has 0 amide bonds. The minimum atomic E-state index is -0.282. The lowest BCUT2D eigenvalue weighted by Gasteiger charge is -2.48. The standard InChI is InChI=1S/C18H29NO2/c1-17(2,3)16-8-6-7-11-18(16,19)13-9-10-14(20-4)15(12-13)21-5/h9-10,12,16H,6-8,11,19H2,1-5H3. The van der Waals surface area contributed by atoms with E-state index in [2.05, 4.69) is 32.9 Å². The molecule has 1 aromatic carbocycles. The third-order valence-electron chi connectivity index (χ3n) is 4.92. The zero-order chi connectivity index (χ0) is 15.7. The molecule has 0 saturated heterocycles. The Morgan fingerprint density at radius 1 is 1.10 bits per heavy atom. The van der Waals surface area contributed by atoms with E-state index < -0.39 is 0 Å². The van der Waals surface area contributed by atoms with E-state index in [0.29, 0.717) is 5.92 Å². The van der Waals surface area contributed by atoms with E-state index in [1.54, 1.807) is 14.2 Å². The summed E-state index contributed by atoms with van der Waals surface area (Å²) in [6, 6.07) is 6.13. The maximum absolute atomic E-state index is 6.93. The van der Waals surface area contributed by atoms with Crippen molar-refractivity contribution in [2.24, 2.45) is 17.1 Å². The number of methoxy groups -OCH3 is 2. The molecule has 3 nitrogen and oxygen atoms in total. The van der Waals surface area contributed by atoms with Crippen molar-refractivity contribution >= 4 is 0 Å². The highest BCUT2D eigenvalue weighted by Gasteiger charge is 2.44. The van der Waals surface area contributed by atoms with E-state index >= 15 is 0 Å². The first kappa shape index (κ1) is 16.2. The molecule has 0 aromatic heterocycles. The molecule has 2 N–H and O–H groups in total. The van der Waals surface area contributed by atoms with E-state index in [9.17, 15) is 0 Å². The Hall–Kier alpha value is -1.22. The van der Waals surface area contributed by atoms with Crippen LogP contribution in [0.5, 0.6) is 11.5 Å². The van der Waals surface area contributed by atoms with Crippen LogP contribution in [0.4, 0.5) is 0 Å². The van der Waals surface area contributed by atoms with Gasteiger partial charge in [0.15, 0.2) is 11.5 Å². The van der Waals surface area contributed by atoms with Crippen molar-refractivity contribution in [2.75, 3.05) is 14.2 Å². The molecule has 1 aromatic rings. The Kier molecular flexibility index (Phi) is 4.52. The summed E-state index contributed by atoms with van der Waals surface area (Å²) in [7, 11) is 3.33. The van der Waals surface area contributed by atoms with Gasteiger partial charge in [-0.3, -0.25) is 0 Å². The highest BCUT2D eigenvalue weighted by atomic mass is 16.5. The van der Waals surface area contributed by atoms with Crippen LogP contribution in [-0.2, 0) is 5.54 Å². The predicted molar refractivity (Wildman–Crippen MR) is 86.8 cm³/mol. The average Bonchev–Trinajstić information content (AvgIpc) is 2.45. The quantitative estimate of drug-likeness (QED) is 0.912. The second-order valence-electron chi connectivity index (χ2n) is 7.27. The fourth-order valence-corrected chi connectivity index (χ4v) is 3.87. The van der Waals surface area contributed by atoms with Crippen LogP contribution < -0.4 is 15.2 Å². The van der Waals surface area contributed by atoms with Gasteiger partial charge in [0.2, 0.25) is 0 Å². The minimum absolute atomic E-state index is 0.197. The molecular weight excluding hydrogens is 262 g/mol. The van der Waals surface area contributed by atoms with Crippen molar-refractivity contribution < 1.29 is 9.47 Å². The molecule has 3 heteroatoms. The van der Waals surface area contributed by atoms with Crippen molar-refractivity contribution in [3.05, 3.63) is 23.8 Å². The van der Waals surface area contributed by atoms with Gasteiger partial charge in [0.1, 0.15) is 0 Å². The molecule has 0 aliphatic heterocycles. The molecule has 1 fully saturated rings. The van der Waals surface area contributed by atoms with Gasteiger partial charge in [-0.25, -0.2) is 0 Å². The van der Waals surface area contributed by atoms with Gasteiger partial charge in [-0.15, -0.1) is 0 Å². The number of hydrogen-bond donors (Lipinski definition) is 1. The van der Waals surface area contributed by atoms with Crippen LogP contribution in [-0.4, -0.2) is 14.2 Å². The van der Waals surface area contributed by atoms with Gasteiger partial charge in [-0.1, -0.05) is 39.7 Å². The van der Waals surface area contributed by atoms with Crippen LogP contribution in [0.25, 0.3) is 0 Å². The third-order valence-corrected chi connectivity index (χ3v) is 4.92. The SMILES string of the molecule is COc1ccc(C2(N)CCCCC2C(C)(C)C)cc1OC. The molecule has 1 saturated carbocycles. The Morgan fingerprint density at radius 3 is 2.33 bits per heavy atom. The van der Waals surface area contributed by atoms with Crippen LogP contribution in [0.15, 0.2) is 18.2 Å². The Balaban J connectivity index is 2.45. The van der Waals surface area contributed by atoms with E-state index in [4.69, 9.17) is 15.2 Å². The zero-order valence-electron chi connectivity index (χ0n) is 14.0. The van der Waals surface area contributed by atoms with Crippen LogP contribution in [0.1, 0.15) is 52.0 Å². The molecular formula is C18H29NO2. The van der Waals surface area contributed by atoms with E-state index in [0.717, 1.165) is 17.9 Å². The van der Waals surface area contributed by atoms with Gasteiger partial charge < -0.3 is 15.2 Å². The number of rotatable bonds is 3. The van der Waals surface area contributed by atoms with Crippen molar-refractivity contribution in [3.63, 3.8) is 0 Å². The van der Waals surface area contributed by atoms with Gasteiger partial charge in [-0.2, -0.15) is 0 Å². The molecule has 0 radical (unpaired) electrons. The first-order valence-corrected chi connectivity index (χ1v) is 7.84. The van der Waals surface area contributed by atoms with Gasteiger partial charge in [-0.05, 0) is 41.9 Å². The molecule has 2 rings (SSSR count). The summed E-state index contributed by atoms with van der Waals surface area (Å²) >= 11 is 0. The molecule has 0 bridgehead atoms. The van der Waals surface area contributed by atoms with E-state index in [1.165, 1.54) is 24.8 Å². The van der Waals surface area contributed by atoms with E-state index in [1.807, 2.05) is 6.07 Å². The summed E-state index contributed by atoms with van der Waals surface area (Å²) in [6.45, 7) is 6.89. The third kappa shape index (κ3) is 3.03. The summed E-state index contributed by atoms with van der Waals surface area (Å²) in [5.74, 6) is 1.99. The van der Waals surface area contributed by atoms with Crippen molar-refractivity contribution in [3.8, 4) is 11.5 Å². The smallest absolute Gasteiger partial charge is 0.161 e. The van der Waals surface area contributed by atoms with Crippen molar-refractivity contribution in [1.82, 2.24) is 0 Å².